The van der Waals surface area contributed by atoms with Gasteiger partial charge in [-0.3, -0.25) is 14.2 Å². The molecule has 3 aromatic rings. The predicted octanol–water partition coefficient (Wildman–Crippen LogP) is 3.29. The highest BCUT2D eigenvalue weighted by molar-refractivity contribution is 7.99. The first kappa shape index (κ1) is 19.4. The Kier molecular flexibility index (Phi) is 6.52. The number of nitrogens with one attached hydrogen (secondary N) is 1. The number of thiophene rings is 1. The minimum Gasteiger partial charge on any atom is -0.497 e. The summed E-state index contributed by atoms with van der Waals surface area (Å²) >= 11 is 2.69. The van der Waals surface area contributed by atoms with Gasteiger partial charge in [0.05, 0.1) is 18.4 Å². The second kappa shape index (κ2) is 9.05. The summed E-state index contributed by atoms with van der Waals surface area (Å²) in [5, 5.41) is 5.34. The molecule has 0 aliphatic rings. The summed E-state index contributed by atoms with van der Waals surface area (Å²) in [5.74, 6) is 0.856. The zero-order chi connectivity index (χ0) is 19.2. The van der Waals surface area contributed by atoms with Gasteiger partial charge in [0.2, 0.25) is 5.91 Å². The third-order valence-electron chi connectivity index (χ3n) is 3.93. The minimum absolute atomic E-state index is 0.0314. The average molecular weight is 404 g/mol. The van der Waals surface area contributed by atoms with Crippen LogP contribution >= 0.6 is 23.1 Å². The Labute approximate surface area is 165 Å². The van der Waals surface area contributed by atoms with Crippen molar-refractivity contribution in [3.8, 4) is 5.75 Å². The summed E-state index contributed by atoms with van der Waals surface area (Å²) in [6, 6.07) is 9.41. The van der Waals surface area contributed by atoms with E-state index in [-0.39, 0.29) is 17.2 Å². The summed E-state index contributed by atoms with van der Waals surface area (Å²) in [6.45, 7) is 3.03. The van der Waals surface area contributed by atoms with Gasteiger partial charge in [-0.15, -0.1) is 11.3 Å². The van der Waals surface area contributed by atoms with Crippen LogP contribution in [0.3, 0.4) is 0 Å². The number of carbonyl (C=O) groups is 1. The van der Waals surface area contributed by atoms with Gasteiger partial charge in [-0.05, 0) is 35.6 Å². The summed E-state index contributed by atoms with van der Waals surface area (Å²) in [6.07, 6.45) is 0.827. The lowest BCUT2D eigenvalue weighted by molar-refractivity contribution is -0.118. The summed E-state index contributed by atoms with van der Waals surface area (Å²) in [4.78, 5) is 29.4. The highest BCUT2D eigenvalue weighted by Crippen LogP contribution is 2.21. The molecule has 2 aromatic heterocycles. The van der Waals surface area contributed by atoms with Gasteiger partial charge in [-0.2, -0.15) is 0 Å². The van der Waals surface area contributed by atoms with Gasteiger partial charge in [0.15, 0.2) is 5.16 Å². The first-order valence-corrected chi connectivity index (χ1v) is 10.5. The van der Waals surface area contributed by atoms with Crippen molar-refractivity contribution >= 4 is 39.2 Å². The van der Waals surface area contributed by atoms with E-state index in [0.29, 0.717) is 28.5 Å². The standard InChI is InChI=1S/C19H21N3O3S2/c1-3-8-22-18(24)17-15(7-9-26-17)21-19(22)27-12-16(23)20-11-13-5-4-6-14(10-13)25-2/h4-7,9-10H,3,8,11-12H2,1-2H3,(H,20,23). The van der Waals surface area contributed by atoms with Gasteiger partial charge in [-0.1, -0.05) is 30.8 Å². The van der Waals surface area contributed by atoms with Crippen LogP contribution in [0, 0.1) is 0 Å². The van der Waals surface area contributed by atoms with Crippen molar-refractivity contribution in [1.82, 2.24) is 14.9 Å². The number of hydrogen-bond donors (Lipinski definition) is 1. The lowest BCUT2D eigenvalue weighted by Crippen LogP contribution is -2.26. The molecule has 0 unspecified atom stereocenters. The van der Waals surface area contributed by atoms with Crippen LogP contribution in [0.1, 0.15) is 18.9 Å². The lowest BCUT2D eigenvalue weighted by atomic mass is 10.2. The van der Waals surface area contributed by atoms with E-state index in [4.69, 9.17) is 4.74 Å². The number of ether oxygens (including phenoxy) is 1. The van der Waals surface area contributed by atoms with Crippen molar-refractivity contribution in [2.75, 3.05) is 12.9 Å². The fourth-order valence-electron chi connectivity index (χ4n) is 2.62. The van der Waals surface area contributed by atoms with Crippen LogP contribution in [0.5, 0.6) is 5.75 Å². The molecular weight excluding hydrogens is 382 g/mol. The third-order valence-corrected chi connectivity index (χ3v) is 5.80. The largest absolute Gasteiger partial charge is 0.497 e. The molecule has 0 bridgehead atoms. The number of fused-ring (bicyclic) bond motifs is 1. The fourth-order valence-corrected chi connectivity index (χ4v) is 4.25. The van der Waals surface area contributed by atoms with Crippen LogP contribution in [0.25, 0.3) is 10.2 Å². The number of benzene rings is 1. The molecule has 0 aliphatic carbocycles. The molecule has 1 amide bonds. The van der Waals surface area contributed by atoms with Crippen molar-refractivity contribution in [3.05, 3.63) is 51.6 Å². The van der Waals surface area contributed by atoms with Gasteiger partial charge in [-0.25, -0.2) is 4.98 Å². The van der Waals surface area contributed by atoms with Crippen LogP contribution in [-0.2, 0) is 17.9 Å². The maximum atomic E-state index is 12.6. The van der Waals surface area contributed by atoms with Crippen LogP contribution in [0.15, 0.2) is 45.7 Å². The van der Waals surface area contributed by atoms with Gasteiger partial charge >= 0.3 is 0 Å². The van der Waals surface area contributed by atoms with Crippen molar-refractivity contribution in [2.45, 2.75) is 31.6 Å². The second-order valence-electron chi connectivity index (χ2n) is 5.90. The zero-order valence-electron chi connectivity index (χ0n) is 15.2. The van der Waals surface area contributed by atoms with E-state index < -0.39 is 0 Å². The van der Waals surface area contributed by atoms with Crippen molar-refractivity contribution in [2.24, 2.45) is 0 Å². The molecular formula is C19H21N3O3S2. The molecule has 0 saturated carbocycles. The molecule has 0 saturated heterocycles. The van der Waals surface area contributed by atoms with E-state index in [9.17, 15) is 9.59 Å². The molecule has 0 spiro atoms. The van der Waals surface area contributed by atoms with Gasteiger partial charge < -0.3 is 10.1 Å². The normalized spacial score (nSPS) is 10.9. The number of nitrogens with zero attached hydrogens (tertiary/aromatic N) is 2. The van der Waals surface area contributed by atoms with Crippen molar-refractivity contribution < 1.29 is 9.53 Å². The number of hydrogen-bond acceptors (Lipinski definition) is 6. The monoisotopic (exact) mass is 403 g/mol. The molecule has 142 valence electrons. The van der Waals surface area contributed by atoms with Crippen LogP contribution in [0.4, 0.5) is 0 Å². The van der Waals surface area contributed by atoms with Crippen LogP contribution < -0.4 is 15.6 Å². The fraction of sp³-hybridized carbons (Fsp3) is 0.316. The molecule has 1 N–H and O–H groups in total. The number of thioether (sulfide) groups is 1. The molecule has 6 nitrogen and oxygen atoms in total. The quantitative estimate of drug-likeness (QED) is 0.462. The molecule has 3 rings (SSSR count). The van der Waals surface area contributed by atoms with Gasteiger partial charge in [0.1, 0.15) is 10.4 Å². The first-order valence-electron chi connectivity index (χ1n) is 8.63. The maximum absolute atomic E-state index is 12.6. The number of amides is 1. The summed E-state index contributed by atoms with van der Waals surface area (Å²) in [5.41, 5.74) is 1.63. The zero-order valence-corrected chi connectivity index (χ0v) is 16.9. The summed E-state index contributed by atoms with van der Waals surface area (Å²) < 4.78 is 7.51. The van der Waals surface area contributed by atoms with E-state index in [1.165, 1.54) is 23.1 Å². The molecule has 1 aromatic carbocycles. The van der Waals surface area contributed by atoms with Crippen molar-refractivity contribution in [1.29, 1.82) is 0 Å². The minimum atomic E-state index is -0.106. The topological polar surface area (TPSA) is 73.2 Å². The van der Waals surface area contributed by atoms with E-state index in [2.05, 4.69) is 10.3 Å². The summed E-state index contributed by atoms with van der Waals surface area (Å²) in [7, 11) is 1.61. The Balaban J connectivity index is 1.66. The molecule has 8 heteroatoms. The lowest BCUT2D eigenvalue weighted by Gasteiger charge is -2.11. The molecule has 0 atom stereocenters. The van der Waals surface area contributed by atoms with E-state index in [1.54, 1.807) is 11.7 Å². The van der Waals surface area contributed by atoms with Crippen LogP contribution in [-0.4, -0.2) is 28.3 Å². The van der Waals surface area contributed by atoms with Gasteiger partial charge in [0.25, 0.3) is 5.56 Å². The average Bonchev–Trinajstić information content (AvgIpc) is 3.16. The van der Waals surface area contributed by atoms with E-state index in [1.807, 2.05) is 42.6 Å². The molecule has 0 radical (unpaired) electrons. The number of carbonyl (C=O) groups excluding carboxylic acids is 1. The Morgan fingerprint density at radius 2 is 2.22 bits per heavy atom. The molecule has 0 aliphatic heterocycles. The Hall–Kier alpha value is -2.32. The molecule has 27 heavy (non-hydrogen) atoms. The SMILES string of the molecule is CCCn1c(SCC(=O)NCc2cccc(OC)c2)nc2ccsc2c1=O. The Morgan fingerprint density at radius 3 is 3.00 bits per heavy atom. The highest BCUT2D eigenvalue weighted by atomic mass is 32.2. The van der Waals surface area contributed by atoms with Crippen LogP contribution in [0.2, 0.25) is 0 Å². The van der Waals surface area contributed by atoms with Gasteiger partial charge in [0, 0.05) is 13.1 Å². The Morgan fingerprint density at radius 1 is 1.37 bits per heavy atom. The highest BCUT2D eigenvalue weighted by Gasteiger charge is 2.13. The number of aromatic nitrogens is 2. The van der Waals surface area contributed by atoms with E-state index in [0.717, 1.165) is 17.7 Å². The number of rotatable bonds is 8. The third kappa shape index (κ3) is 4.70. The van der Waals surface area contributed by atoms with Crippen molar-refractivity contribution in [3.63, 3.8) is 0 Å². The second-order valence-corrected chi connectivity index (χ2v) is 7.76. The van der Waals surface area contributed by atoms with E-state index >= 15 is 0 Å². The number of methoxy groups -OCH3 is 1. The Bertz CT molecular complexity index is 997. The first-order chi connectivity index (χ1) is 13.1. The smallest absolute Gasteiger partial charge is 0.272 e. The maximum Gasteiger partial charge on any atom is 0.272 e. The molecule has 2 heterocycles. The predicted molar refractivity (Wildman–Crippen MR) is 110 cm³/mol. The molecule has 0 fully saturated rings.